The zero-order valence-electron chi connectivity index (χ0n) is 12.8. The minimum absolute atomic E-state index is 0.304. The van der Waals surface area contributed by atoms with Crippen LogP contribution < -0.4 is 5.43 Å². The number of benzene rings is 2. The largest absolute Gasteiger partial charge is 0.461 e. The van der Waals surface area contributed by atoms with Crippen LogP contribution in [0.3, 0.4) is 0 Å². The van der Waals surface area contributed by atoms with Crippen molar-refractivity contribution < 1.29 is 9.53 Å². The lowest BCUT2D eigenvalue weighted by atomic mass is 10.3. The molecule has 0 saturated heterocycles. The Morgan fingerprint density at radius 2 is 1.78 bits per heavy atom. The normalized spacial score (nSPS) is 13.0. The minimum Gasteiger partial charge on any atom is -0.461 e. The lowest BCUT2D eigenvalue weighted by molar-refractivity contribution is -0.135. The number of rotatable bonds is 4. The summed E-state index contributed by atoms with van der Waals surface area (Å²) >= 11 is 3.46. The van der Waals surface area contributed by atoms with E-state index in [1.54, 1.807) is 37.4 Å². The molecule has 0 spiro atoms. The molecule has 118 valence electrons. The van der Waals surface area contributed by atoms with Crippen molar-refractivity contribution in [3.63, 3.8) is 0 Å². The molecule has 0 amide bonds. The highest BCUT2D eigenvalue weighted by Crippen LogP contribution is 2.50. The van der Waals surface area contributed by atoms with Crippen LogP contribution in [-0.4, -0.2) is 18.3 Å². The maximum Gasteiger partial charge on any atom is 0.354 e. The van der Waals surface area contributed by atoms with Gasteiger partial charge in [0.1, 0.15) is 5.71 Å². The van der Waals surface area contributed by atoms with Crippen molar-refractivity contribution in [2.45, 2.75) is 33.4 Å². The molecule has 0 fully saturated rings. The Kier molecular flexibility index (Phi) is 4.93. The highest BCUT2D eigenvalue weighted by Gasteiger charge is 2.19. The van der Waals surface area contributed by atoms with Crippen LogP contribution in [0.2, 0.25) is 0 Å². The fourth-order valence-electron chi connectivity index (χ4n) is 2.06. The number of esters is 1. The van der Waals surface area contributed by atoms with E-state index in [1.807, 2.05) is 24.3 Å². The van der Waals surface area contributed by atoms with E-state index in [9.17, 15) is 4.79 Å². The monoisotopic (exact) mass is 344 g/mol. The van der Waals surface area contributed by atoms with Crippen molar-refractivity contribution in [1.82, 2.24) is 0 Å². The molecule has 0 atom stereocenters. The summed E-state index contributed by atoms with van der Waals surface area (Å²) in [6, 6.07) is 14.4. The van der Waals surface area contributed by atoms with Gasteiger partial charge in [-0.2, -0.15) is 5.10 Å². The number of hydrogen-bond donors (Lipinski definition) is 1. The predicted octanol–water partition coefficient (Wildman–Crippen LogP) is 4.65. The first-order chi connectivity index (χ1) is 11.2. The summed E-state index contributed by atoms with van der Waals surface area (Å²) in [6.07, 6.45) is 0. The maximum atomic E-state index is 11.6. The average molecular weight is 344 g/mol. The molecular formula is C17H16N2O2S2. The van der Waals surface area contributed by atoms with Crippen LogP contribution in [0.25, 0.3) is 0 Å². The molecule has 0 aliphatic carbocycles. The van der Waals surface area contributed by atoms with E-state index >= 15 is 0 Å². The molecule has 1 N–H and O–H groups in total. The lowest BCUT2D eigenvalue weighted by Crippen LogP contribution is -2.15. The van der Waals surface area contributed by atoms with Crippen molar-refractivity contribution in [2.75, 3.05) is 12.0 Å². The smallest absolute Gasteiger partial charge is 0.354 e. The van der Waals surface area contributed by atoms with Crippen molar-refractivity contribution >= 4 is 40.9 Å². The van der Waals surface area contributed by atoms with Gasteiger partial charge in [0.25, 0.3) is 0 Å². The Labute approximate surface area is 143 Å². The molecule has 1 aliphatic rings. The van der Waals surface area contributed by atoms with E-state index in [4.69, 9.17) is 4.74 Å². The van der Waals surface area contributed by atoms with Gasteiger partial charge in [-0.05, 0) is 38.1 Å². The third-order valence-corrected chi connectivity index (χ3v) is 5.79. The lowest BCUT2D eigenvalue weighted by Gasteiger charge is -2.20. The third kappa shape index (κ3) is 3.54. The van der Waals surface area contributed by atoms with E-state index in [1.165, 1.54) is 14.7 Å². The van der Waals surface area contributed by atoms with E-state index in [2.05, 4.69) is 28.7 Å². The van der Waals surface area contributed by atoms with Gasteiger partial charge in [-0.15, -0.1) is 0 Å². The maximum absolute atomic E-state index is 11.6. The van der Waals surface area contributed by atoms with E-state index in [0.29, 0.717) is 12.3 Å². The first-order valence-electron chi connectivity index (χ1n) is 7.24. The van der Waals surface area contributed by atoms with Gasteiger partial charge in [0.2, 0.25) is 0 Å². The summed E-state index contributed by atoms with van der Waals surface area (Å²) in [5.41, 5.74) is 4.19. The molecule has 3 rings (SSSR count). The van der Waals surface area contributed by atoms with Gasteiger partial charge in [-0.1, -0.05) is 41.7 Å². The van der Waals surface area contributed by atoms with Crippen molar-refractivity contribution in [3.8, 4) is 0 Å². The van der Waals surface area contributed by atoms with Crippen molar-refractivity contribution in [3.05, 3.63) is 42.5 Å². The second-order valence-corrected chi connectivity index (χ2v) is 6.95. The van der Waals surface area contributed by atoms with Gasteiger partial charge >= 0.3 is 5.97 Å². The van der Waals surface area contributed by atoms with Crippen LogP contribution in [0, 0.1) is 0 Å². The fraction of sp³-hybridized carbons (Fsp3) is 0.176. The summed E-state index contributed by atoms with van der Waals surface area (Å²) in [7, 11) is 0. The van der Waals surface area contributed by atoms with Crippen molar-refractivity contribution in [2.24, 2.45) is 5.10 Å². The van der Waals surface area contributed by atoms with Crippen LogP contribution in [0.4, 0.5) is 5.69 Å². The Bertz CT molecular complexity index is 775. The molecule has 23 heavy (non-hydrogen) atoms. The van der Waals surface area contributed by atoms with Crippen LogP contribution in [0.15, 0.2) is 67.1 Å². The summed E-state index contributed by atoms with van der Waals surface area (Å²) in [5.74, 6) is -0.405. The second kappa shape index (κ2) is 7.10. The SMILES string of the molecule is CCOC(=O)C(C)=NNc1cccc2c1Sc1ccccc1S2. The first-order valence-corrected chi connectivity index (χ1v) is 8.87. The van der Waals surface area contributed by atoms with Gasteiger partial charge in [0.15, 0.2) is 0 Å². The highest BCUT2D eigenvalue weighted by molar-refractivity contribution is 8.05. The summed E-state index contributed by atoms with van der Waals surface area (Å²) < 4.78 is 4.93. The number of hydrogen-bond acceptors (Lipinski definition) is 6. The van der Waals surface area contributed by atoms with Gasteiger partial charge in [0, 0.05) is 14.7 Å². The van der Waals surface area contributed by atoms with Gasteiger partial charge in [0.05, 0.1) is 17.2 Å². The summed E-state index contributed by atoms with van der Waals surface area (Å²) in [6.45, 7) is 3.75. The standard InChI is InChI=1S/C17H16N2O2S2/c1-3-21-17(20)11(2)18-19-12-7-6-10-15-16(12)23-14-9-5-4-8-13(14)22-15/h4-10,19H,3H2,1-2H3. The number of nitrogens with zero attached hydrogens (tertiary/aromatic N) is 1. The molecular weight excluding hydrogens is 328 g/mol. The quantitative estimate of drug-likeness (QED) is 0.424. The molecule has 1 heterocycles. The first kappa shape index (κ1) is 16.0. The number of ether oxygens (including phenoxy) is 1. The highest BCUT2D eigenvalue weighted by atomic mass is 32.2. The predicted molar refractivity (Wildman–Crippen MR) is 94.5 cm³/mol. The van der Waals surface area contributed by atoms with Crippen LogP contribution >= 0.6 is 23.5 Å². The third-order valence-electron chi connectivity index (χ3n) is 3.17. The molecule has 0 radical (unpaired) electrons. The zero-order chi connectivity index (χ0) is 16.2. The van der Waals surface area contributed by atoms with E-state index in [0.717, 1.165) is 10.6 Å². The summed E-state index contributed by atoms with van der Waals surface area (Å²) in [4.78, 5) is 16.4. The second-order valence-electron chi connectivity index (χ2n) is 4.81. The Balaban J connectivity index is 1.84. The molecule has 0 aromatic heterocycles. The topological polar surface area (TPSA) is 50.7 Å². The number of fused-ring (bicyclic) bond motifs is 2. The molecule has 6 heteroatoms. The summed E-state index contributed by atoms with van der Waals surface area (Å²) in [5, 5.41) is 4.15. The molecule has 0 saturated carbocycles. The van der Waals surface area contributed by atoms with E-state index in [-0.39, 0.29) is 0 Å². The van der Waals surface area contributed by atoms with Crippen molar-refractivity contribution in [1.29, 1.82) is 0 Å². The number of anilines is 1. The van der Waals surface area contributed by atoms with E-state index < -0.39 is 5.97 Å². The number of carbonyl (C=O) groups excluding carboxylic acids is 1. The molecule has 2 aromatic rings. The molecule has 4 nitrogen and oxygen atoms in total. The molecule has 1 aliphatic heterocycles. The van der Waals surface area contributed by atoms with Gasteiger partial charge in [-0.3, -0.25) is 5.43 Å². The van der Waals surface area contributed by atoms with Crippen LogP contribution in [0.1, 0.15) is 13.8 Å². The van der Waals surface area contributed by atoms with Crippen LogP contribution in [-0.2, 0) is 9.53 Å². The zero-order valence-corrected chi connectivity index (χ0v) is 14.5. The van der Waals surface area contributed by atoms with Gasteiger partial charge < -0.3 is 4.74 Å². The molecule has 0 bridgehead atoms. The Hall–Kier alpha value is -1.92. The molecule has 0 unspecified atom stereocenters. The Morgan fingerprint density at radius 1 is 1.09 bits per heavy atom. The number of hydrazone groups is 1. The molecule has 2 aromatic carbocycles. The number of nitrogens with one attached hydrogen (secondary N) is 1. The fourth-order valence-corrected chi connectivity index (χ4v) is 4.39. The number of carbonyl (C=O) groups is 1. The van der Waals surface area contributed by atoms with Gasteiger partial charge in [-0.25, -0.2) is 4.79 Å². The van der Waals surface area contributed by atoms with Crippen LogP contribution in [0.5, 0.6) is 0 Å². The average Bonchev–Trinajstić information content (AvgIpc) is 2.58. The Morgan fingerprint density at radius 3 is 2.52 bits per heavy atom. The minimum atomic E-state index is -0.405.